The lowest BCUT2D eigenvalue weighted by Gasteiger charge is -2.14. The van der Waals surface area contributed by atoms with Crippen LogP contribution in [0.4, 0.5) is 13.2 Å². The molecule has 0 amide bonds. The number of ketones is 2. The summed E-state index contributed by atoms with van der Waals surface area (Å²) >= 11 is 0. The van der Waals surface area contributed by atoms with Crippen molar-refractivity contribution in [1.82, 2.24) is 9.97 Å². The fourth-order valence-corrected chi connectivity index (χ4v) is 2.50. The van der Waals surface area contributed by atoms with Gasteiger partial charge in [-0.3, -0.25) is 19.6 Å². The molecule has 2 aromatic heterocycles. The minimum atomic E-state index is -4.97. The van der Waals surface area contributed by atoms with Gasteiger partial charge in [0, 0.05) is 12.4 Å². The van der Waals surface area contributed by atoms with Crippen molar-refractivity contribution >= 4 is 11.6 Å². The molecule has 1 unspecified atom stereocenters. The van der Waals surface area contributed by atoms with Gasteiger partial charge < -0.3 is 0 Å². The van der Waals surface area contributed by atoms with Gasteiger partial charge in [0.2, 0.25) is 5.78 Å². The first-order chi connectivity index (χ1) is 13.8. The minimum Gasteiger partial charge on any atom is -0.299 e. The number of rotatable bonds is 5. The van der Waals surface area contributed by atoms with Crippen LogP contribution in [-0.2, 0) is 16.0 Å². The van der Waals surface area contributed by atoms with Crippen LogP contribution in [0.3, 0.4) is 0 Å². The predicted octanol–water partition coefficient (Wildman–Crippen LogP) is 4.71. The Morgan fingerprint density at radius 1 is 0.828 bits per heavy atom. The molecule has 0 saturated carbocycles. The van der Waals surface area contributed by atoms with Crippen molar-refractivity contribution in [3.63, 3.8) is 0 Å². The normalized spacial score (nSPS) is 11.7. The highest BCUT2D eigenvalue weighted by Gasteiger charge is 2.44. The smallest absolute Gasteiger partial charge is 0.299 e. The molecule has 7 heteroatoms. The number of hydrogen-bond donors (Lipinski definition) is 0. The first kappa shape index (κ1) is 21.9. The molecule has 3 aromatic rings. The summed E-state index contributed by atoms with van der Waals surface area (Å²) in [6, 6.07) is 19.8. The highest BCUT2D eigenvalue weighted by Crippen LogP contribution is 2.24. The summed E-state index contributed by atoms with van der Waals surface area (Å²) in [5, 5.41) is 0. The number of nitrogens with zero attached hydrogens (tertiary/aromatic N) is 2. The third kappa shape index (κ3) is 6.95. The van der Waals surface area contributed by atoms with Gasteiger partial charge in [-0.15, -0.1) is 0 Å². The minimum absolute atomic E-state index is 0.214. The van der Waals surface area contributed by atoms with Gasteiger partial charge in [0.25, 0.3) is 0 Å². The highest BCUT2D eigenvalue weighted by molar-refractivity contribution is 6.04. The van der Waals surface area contributed by atoms with Gasteiger partial charge >= 0.3 is 6.18 Å². The summed E-state index contributed by atoms with van der Waals surface area (Å²) in [6.07, 6.45) is -1.65. The Labute approximate surface area is 166 Å². The van der Waals surface area contributed by atoms with Gasteiger partial charge in [0.05, 0.1) is 17.3 Å². The average molecular weight is 400 g/mol. The second kappa shape index (κ2) is 10.3. The van der Waals surface area contributed by atoms with Crippen molar-refractivity contribution in [2.45, 2.75) is 19.5 Å². The SMILES string of the molecule is CC(=O)C(Cc1ccccc1)C(=O)C(F)(F)F.c1ccc(-c2ccccn2)nc1. The van der Waals surface area contributed by atoms with Crippen molar-refractivity contribution < 1.29 is 22.8 Å². The number of carbonyl (C=O) groups excluding carboxylic acids is 2. The maximum Gasteiger partial charge on any atom is 0.450 e. The molecular weight excluding hydrogens is 381 g/mol. The largest absolute Gasteiger partial charge is 0.450 e. The molecular formula is C22H19F3N2O2. The van der Waals surface area contributed by atoms with Crippen molar-refractivity contribution in [2.75, 3.05) is 0 Å². The van der Waals surface area contributed by atoms with E-state index in [2.05, 4.69) is 9.97 Å². The van der Waals surface area contributed by atoms with Crippen molar-refractivity contribution in [3.8, 4) is 11.4 Å². The molecule has 2 heterocycles. The van der Waals surface area contributed by atoms with Crippen LogP contribution in [0.25, 0.3) is 11.4 Å². The van der Waals surface area contributed by atoms with Gasteiger partial charge in [-0.2, -0.15) is 13.2 Å². The van der Waals surface area contributed by atoms with E-state index in [1.54, 1.807) is 42.7 Å². The summed E-state index contributed by atoms with van der Waals surface area (Å²) in [4.78, 5) is 30.6. The molecule has 0 N–H and O–H groups in total. The number of halogens is 3. The molecule has 150 valence electrons. The summed E-state index contributed by atoms with van der Waals surface area (Å²) in [6.45, 7) is 0.997. The Bertz CT molecular complexity index is 878. The zero-order chi connectivity index (χ0) is 21.3. The van der Waals surface area contributed by atoms with Gasteiger partial charge in [-0.1, -0.05) is 42.5 Å². The van der Waals surface area contributed by atoms with Gasteiger partial charge in [-0.25, -0.2) is 0 Å². The van der Waals surface area contributed by atoms with Crippen molar-refractivity contribution in [3.05, 3.63) is 84.7 Å². The Kier molecular flexibility index (Phi) is 7.77. The Balaban J connectivity index is 0.000000218. The molecule has 0 bridgehead atoms. The van der Waals surface area contributed by atoms with Crippen molar-refractivity contribution in [2.24, 2.45) is 5.92 Å². The van der Waals surface area contributed by atoms with Crippen LogP contribution in [0.15, 0.2) is 79.1 Å². The fraction of sp³-hybridized carbons (Fsp3) is 0.182. The van der Waals surface area contributed by atoms with Crippen LogP contribution >= 0.6 is 0 Å². The number of benzene rings is 1. The Morgan fingerprint density at radius 2 is 1.31 bits per heavy atom. The fourth-order valence-electron chi connectivity index (χ4n) is 2.50. The molecule has 0 saturated heterocycles. The lowest BCUT2D eigenvalue weighted by atomic mass is 9.91. The van der Waals surface area contributed by atoms with Crippen molar-refractivity contribution in [1.29, 1.82) is 0 Å². The Hall–Kier alpha value is -3.35. The summed E-state index contributed by atoms with van der Waals surface area (Å²) in [5.41, 5.74) is 2.36. The number of Topliss-reactive ketones (excluding diaryl/α,β-unsaturated/α-hetero) is 2. The topological polar surface area (TPSA) is 59.9 Å². The molecule has 0 radical (unpaired) electrons. The zero-order valence-corrected chi connectivity index (χ0v) is 15.6. The Morgan fingerprint density at radius 3 is 1.69 bits per heavy atom. The maximum absolute atomic E-state index is 12.3. The van der Waals surface area contributed by atoms with E-state index in [9.17, 15) is 22.8 Å². The number of aromatic nitrogens is 2. The van der Waals surface area contributed by atoms with E-state index in [-0.39, 0.29) is 6.42 Å². The van der Waals surface area contributed by atoms with E-state index in [1.165, 1.54) is 0 Å². The average Bonchev–Trinajstić information content (AvgIpc) is 2.73. The summed E-state index contributed by atoms with van der Waals surface area (Å²) in [5.74, 6) is -4.39. The maximum atomic E-state index is 12.3. The van der Waals surface area contributed by atoms with E-state index in [0.29, 0.717) is 5.56 Å². The molecule has 4 nitrogen and oxygen atoms in total. The van der Waals surface area contributed by atoms with E-state index in [0.717, 1.165) is 18.3 Å². The van der Waals surface area contributed by atoms with E-state index < -0.39 is 23.7 Å². The molecule has 0 spiro atoms. The third-order valence-electron chi connectivity index (χ3n) is 3.96. The van der Waals surface area contributed by atoms with Crippen LogP contribution in [0, 0.1) is 5.92 Å². The molecule has 29 heavy (non-hydrogen) atoms. The zero-order valence-electron chi connectivity index (χ0n) is 15.6. The van der Waals surface area contributed by atoms with Gasteiger partial charge in [0.15, 0.2) is 0 Å². The highest BCUT2D eigenvalue weighted by atomic mass is 19.4. The van der Waals surface area contributed by atoms with Crippen LogP contribution < -0.4 is 0 Å². The lowest BCUT2D eigenvalue weighted by molar-refractivity contribution is -0.176. The molecule has 3 rings (SSSR count). The molecule has 1 atom stereocenters. The predicted molar refractivity (Wildman–Crippen MR) is 103 cm³/mol. The molecule has 0 aliphatic carbocycles. The van der Waals surface area contributed by atoms with E-state index >= 15 is 0 Å². The molecule has 0 aliphatic heterocycles. The van der Waals surface area contributed by atoms with Gasteiger partial charge in [0.1, 0.15) is 5.78 Å². The quantitative estimate of drug-likeness (QED) is 0.582. The van der Waals surface area contributed by atoms with Gasteiger partial charge in [-0.05, 0) is 43.2 Å². The second-order valence-corrected chi connectivity index (χ2v) is 6.14. The third-order valence-corrected chi connectivity index (χ3v) is 3.96. The number of carbonyl (C=O) groups is 2. The first-order valence-corrected chi connectivity index (χ1v) is 8.77. The summed E-state index contributed by atoms with van der Waals surface area (Å²) < 4.78 is 36.8. The summed E-state index contributed by atoms with van der Waals surface area (Å²) in [7, 11) is 0. The van der Waals surface area contributed by atoms with Crippen LogP contribution in [0.2, 0.25) is 0 Å². The molecule has 1 aromatic carbocycles. The van der Waals surface area contributed by atoms with Crippen LogP contribution in [0.1, 0.15) is 12.5 Å². The number of hydrogen-bond acceptors (Lipinski definition) is 4. The lowest BCUT2D eigenvalue weighted by Crippen LogP contribution is -2.35. The standard InChI is InChI=1S/C12H11F3O2.C10H8N2/c1-8(16)10(11(17)12(13,14)15)7-9-5-3-2-4-6-9;1-3-7-11-9(5-1)10-6-2-4-8-12-10/h2-6,10H,7H2,1H3;1-8H. The van der Waals surface area contributed by atoms with E-state index in [4.69, 9.17) is 0 Å². The van der Waals surface area contributed by atoms with Crippen LogP contribution in [0.5, 0.6) is 0 Å². The molecule has 0 fully saturated rings. The monoisotopic (exact) mass is 400 g/mol. The van der Waals surface area contributed by atoms with E-state index in [1.807, 2.05) is 36.4 Å². The number of alkyl halides is 3. The first-order valence-electron chi connectivity index (χ1n) is 8.77. The van der Waals surface area contributed by atoms with Crippen LogP contribution in [-0.4, -0.2) is 27.7 Å². The molecule has 0 aliphatic rings. The number of pyridine rings is 2. The second-order valence-electron chi connectivity index (χ2n) is 6.14.